The first-order valence-electron chi connectivity index (χ1n) is 10.6. The number of aryl methyl sites for hydroxylation is 1. The van der Waals surface area contributed by atoms with Crippen LogP contribution in [0.2, 0.25) is 0 Å². The summed E-state index contributed by atoms with van der Waals surface area (Å²) in [6.07, 6.45) is 8.95. The van der Waals surface area contributed by atoms with Gasteiger partial charge in [-0.25, -0.2) is 8.42 Å². The normalized spacial score (nSPS) is 14.7. The quantitative estimate of drug-likeness (QED) is 0.0686. The monoisotopic (exact) mass is 556 g/mol. The number of fused-ring (bicyclic) bond motifs is 2. The van der Waals surface area contributed by atoms with Crippen molar-refractivity contribution in [2.45, 2.75) is 30.2 Å². The van der Waals surface area contributed by atoms with E-state index in [4.69, 9.17) is 9.15 Å². The van der Waals surface area contributed by atoms with Gasteiger partial charge in [0.2, 0.25) is 11.5 Å². The number of allylic oxidation sites excluding steroid dienone is 4. The minimum atomic E-state index is -4.56. The molecule has 0 atom stereocenters. The molecule has 0 N–H and O–H groups in total. The van der Waals surface area contributed by atoms with Gasteiger partial charge in [-0.2, -0.15) is 8.90 Å². The van der Waals surface area contributed by atoms with Gasteiger partial charge >= 0.3 is 57.3 Å². The number of aromatic nitrogens is 1. The molecule has 0 radical (unpaired) electrons. The van der Waals surface area contributed by atoms with Gasteiger partial charge in [0.25, 0.3) is 5.52 Å². The van der Waals surface area contributed by atoms with Crippen LogP contribution >= 0.6 is 12.0 Å². The molecule has 13 heteroatoms. The van der Waals surface area contributed by atoms with E-state index in [-0.39, 0.29) is 56.3 Å². The van der Waals surface area contributed by atoms with E-state index in [1.165, 1.54) is 18.2 Å². The van der Waals surface area contributed by atoms with Crippen molar-refractivity contribution in [3.8, 4) is 5.75 Å². The van der Waals surface area contributed by atoms with Crippen LogP contribution in [0.1, 0.15) is 19.7 Å². The molecule has 1 aromatic heterocycles. The molecule has 36 heavy (non-hydrogen) atoms. The Morgan fingerprint density at radius 2 is 1.94 bits per heavy atom. The molecule has 0 aliphatic carbocycles. The standard InChI is InChI=1S/C23H22N2O8S2.K/c1-3-24-18-14-16(34-33-32-26)10-12-20(18)30-22(24)8-6-5-7-9-23-25(4-2)19-15-17(35(27,28)29)11-13-21(19)31-23;/h5-15H,3-4H2,1-2H3,(H-,26,27,28,29);/q;+1/p-1. The number of hydrogen-bond acceptors (Lipinski definition) is 10. The van der Waals surface area contributed by atoms with Crippen molar-refractivity contribution in [3.63, 3.8) is 0 Å². The number of ether oxygens (including phenoxy) is 1. The van der Waals surface area contributed by atoms with Gasteiger partial charge in [-0.15, -0.1) is 0 Å². The first-order chi connectivity index (χ1) is 16.9. The van der Waals surface area contributed by atoms with Crippen LogP contribution < -0.4 is 70.8 Å². The maximum absolute atomic E-state index is 11.4. The topological polar surface area (TPSA) is 128 Å². The smallest absolute Gasteiger partial charge is 0.744 e. The number of hydrogen-bond donors (Lipinski definition) is 0. The summed E-state index contributed by atoms with van der Waals surface area (Å²) in [5.41, 5.74) is 2.05. The van der Waals surface area contributed by atoms with E-state index < -0.39 is 10.1 Å². The molecule has 1 aliphatic heterocycles. The average molecular weight is 557 g/mol. The Kier molecular flexibility index (Phi) is 10.4. The van der Waals surface area contributed by atoms with Crippen LogP contribution in [0.5, 0.6) is 5.75 Å². The van der Waals surface area contributed by atoms with Crippen molar-refractivity contribution in [1.29, 1.82) is 0 Å². The Bertz CT molecular complexity index is 1430. The average Bonchev–Trinajstić information content (AvgIpc) is 3.37. The van der Waals surface area contributed by atoms with Crippen LogP contribution in [0.3, 0.4) is 0 Å². The number of anilines is 1. The maximum Gasteiger partial charge on any atom is 1.00 e. The number of nitrogens with zero attached hydrogens (tertiary/aromatic N) is 2. The third kappa shape index (κ3) is 6.49. The Hall–Kier alpha value is -1.49. The molecule has 10 nitrogen and oxygen atoms in total. The van der Waals surface area contributed by atoms with E-state index >= 15 is 0 Å². The molecule has 0 spiro atoms. The zero-order valence-electron chi connectivity index (χ0n) is 19.7. The summed E-state index contributed by atoms with van der Waals surface area (Å²) in [4.78, 5) is 2.17. The van der Waals surface area contributed by atoms with Crippen molar-refractivity contribution in [2.75, 3.05) is 11.4 Å². The van der Waals surface area contributed by atoms with E-state index in [2.05, 4.69) is 9.37 Å². The number of benzene rings is 2. The third-order valence-electron chi connectivity index (χ3n) is 5.18. The molecule has 0 fully saturated rings. The fraction of sp³-hybridized carbons (Fsp3) is 0.174. The summed E-state index contributed by atoms with van der Waals surface area (Å²) in [7, 11) is -4.56. The summed E-state index contributed by atoms with van der Waals surface area (Å²) in [5, 5.41) is 13.5. The minimum Gasteiger partial charge on any atom is -0.744 e. The van der Waals surface area contributed by atoms with Gasteiger partial charge in [-0.05, 0) is 50.3 Å². The molecule has 1 aliphatic rings. The van der Waals surface area contributed by atoms with Crippen molar-refractivity contribution in [2.24, 2.45) is 0 Å². The molecule has 2 heterocycles. The first-order valence-corrected chi connectivity index (χ1v) is 12.7. The molecule has 4 rings (SSSR count). The summed E-state index contributed by atoms with van der Waals surface area (Å²) in [6, 6.07) is 9.40. The zero-order valence-corrected chi connectivity index (χ0v) is 24.5. The van der Waals surface area contributed by atoms with E-state index in [0.717, 1.165) is 17.6 Å². The van der Waals surface area contributed by atoms with Crippen LogP contribution in [0.25, 0.3) is 17.2 Å². The molecule has 2 aromatic carbocycles. The third-order valence-corrected chi connectivity index (χ3v) is 6.58. The van der Waals surface area contributed by atoms with Gasteiger partial charge in [-0.1, -0.05) is 18.2 Å². The number of oxazole rings is 1. The molecule has 0 saturated carbocycles. The van der Waals surface area contributed by atoms with Crippen molar-refractivity contribution >= 4 is 45.0 Å². The van der Waals surface area contributed by atoms with Crippen LogP contribution in [0.15, 0.2) is 80.8 Å². The Balaban J connectivity index is 0.00000361. The predicted octanol–water partition coefficient (Wildman–Crippen LogP) is 0.209. The van der Waals surface area contributed by atoms with Crippen LogP contribution in [0.4, 0.5) is 5.69 Å². The van der Waals surface area contributed by atoms with Gasteiger partial charge in [0.05, 0.1) is 28.7 Å². The fourth-order valence-electron chi connectivity index (χ4n) is 3.66. The van der Waals surface area contributed by atoms with E-state index in [0.29, 0.717) is 46.8 Å². The largest absolute Gasteiger partial charge is 1.00 e. The summed E-state index contributed by atoms with van der Waals surface area (Å²) in [5.74, 6) is 1.62. The van der Waals surface area contributed by atoms with Crippen molar-refractivity contribution in [3.05, 3.63) is 72.5 Å². The second kappa shape index (κ2) is 12.8. The molecule has 184 valence electrons. The number of rotatable bonds is 9. The van der Waals surface area contributed by atoms with E-state index in [1.807, 2.05) is 36.6 Å². The van der Waals surface area contributed by atoms with Gasteiger partial charge in [0, 0.05) is 17.5 Å². The van der Waals surface area contributed by atoms with E-state index in [9.17, 15) is 18.2 Å². The second-order valence-electron chi connectivity index (χ2n) is 7.21. The van der Waals surface area contributed by atoms with Crippen molar-refractivity contribution in [1.82, 2.24) is 0 Å². The summed E-state index contributed by atoms with van der Waals surface area (Å²) in [6.45, 7) is 5.06. The minimum absolute atomic E-state index is 0. The van der Waals surface area contributed by atoms with Crippen LogP contribution in [-0.4, -0.2) is 19.5 Å². The fourth-order valence-corrected chi connectivity index (χ4v) is 4.54. The molecular weight excluding hydrogens is 535 g/mol. The molecular formula is C23H21KN2O8S2. The SMILES string of the molecule is CCN1C(=CC=CC=Cc2oc3ccc(SOO[O-])cc3[n+]2CC)Oc2ccc(S(=O)(=O)[O-])cc21.[K+]. The summed E-state index contributed by atoms with van der Waals surface area (Å²) < 4.78 is 52.1. The van der Waals surface area contributed by atoms with Gasteiger partial charge in [0.15, 0.2) is 5.75 Å². The zero-order chi connectivity index (χ0) is 25.0. The Morgan fingerprint density at radius 1 is 1.14 bits per heavy atom. The molecule has 3 aromatic rings. The van der Waals surface area contributed by atoms with Crippen molar-refractivity contribution < 1.29 is 92.7 Å². The van der Waals surface area contributed by atoms with Gasteiger partial charge < -0.3 is 23.9 Å². The molecule has 0 unspecified atom stereocenters. The van der Waals surface area contributed by atoms with E-state index in [1.54, 1.807) is 35.3 Å². The first kappa shape index (κ1) is 29.1. The Morgan fingerprint density at radius 3 is 2.64 bits per heavy atom. The van der Waals surface area contributed by atoms with Crippen LogP contribution in [-0.2, 0) is 26.0 Å². The molecule has 0 saturated heterocycles. The summed E-state index contributed by atoms with van der Waals surface area (Å²) >= 11 is 0.813. The van der Waals surface area contributed by atoms with Gasteiger partial charge in [0.1, 0.15) is 16.7 Å². The van der Waals surface area contributed by atoms with Crippen LogP contribution in [0, 0.1) is 0 Å². The second-order valence-corrected chi connectivity index (χ2v) is 9.37. The molecule has 0 amide bonds. The predicted molar refractivity (Wildman–Crippen MR) is 124 cm³/mol. The Labute approximate surface area is 255 Å². The van der Waals surface area contributed by atoms with Gasteiger partial charge in [-0.3, -0.25) is 5.04 Å². The molecule has 0 bridgehead atoms. The maximum atomic E-state index is 11.4.